The van der Waals surface area contributed by atoms with Crippen LogP contribution in [0.2, 0.25) is 10.0 Å². The van der Waals surface area contributed by atoms with Crippen LogP contribution in [0.25, 0.3) is 0 Å². The highest BCUT2D eigenvalue weighted by Gasteiger charge is 2.27. The van der Waals surface area contributed by atoms with E-state index >= 15 is 0 Å². The summed E-state index contributed by atoms with van der Waals surface area (Å²) in [5.41, 5.74) is 0.765. The third-order valence-corrected chi connectivity index (χ3v) is 3.87. The summed E-state index contributed by atoms with van der Waals surface area (Å²) in [5, 5.41) is 10.3. The average molecular weight is 285 g/mol. The molecule has 3 nitrogen and oxygen atoms in total. The standard InChI is InChI=1S/C13H14Cl2N2O/c1-9-8-17(5-6-18-9)12(7-16)10-3-2-4-11(14)13(10)15/h2-4,9,12H,5-6,8H2,1H3/t9-,12+/m0/s1. The highest BCUT2D eigenvalue weighted by molar-refractivity contribution is 6.42. The number of hydrogen-bond acceptors (Lipinski definition) is 3. The summed E-state index contributed by atoms with van der Waals surface area (Å²) in [6.07, 6.45) is 0.132. The van der Waals surface area contributed by atoms with Crippen LogP contribution in [-0.4, -0.2) is 30.7 Å². The Labute approximate surface area is 117 Å². The molecule has 1 aromatic rings. The number of rotatable bonds is 2. The molecule has 2 atom stereocenters. The van der Waals surface area contributed by atoms with E-state index in [9.17, 15) is 5.26 Å². The Morgan fingerprint density at radius 1 is 1.50 bits per heavy atom. The lowest BCUT2D eigenvalue weighted by atomic mass is 10.1. The second-order valence-corrected chi connectivity index (χ2v) is 5.14. The van der Waals surface area contributed by atoms with Crippen molar-refractivity contribution in [2.24, 2.45) is 0 Å². The van der Waals surface area contributed by atoms with Gasteiger partial charge in [-0.2, -0.15) is 5.26 Å². The molecule has 2 rings (SSSR count). The number of benzene rings is 1. The molecule has 0 bridgehead atoms. The van der Waals surface area contributed by atoms with Gasteiger partial charge in [0.25, 0.3) is 0 Å². The quantitative estimate of drug-likeness (QED) is 0.836. The maximum atomic E-state index is 9.40. The minimum Gasteiger partial charge on any atom is -0.376 e. The zero-order valence-corrected chi connectivity index (χ0v) is 11.6. The molecule has 0 spiro atoms. The van der Waals surface area contributed by atoms with E-state index in [1.165, 1.54) is 0 Å². The highest BCUT2D eigenvalue weighted by Crippen LogP contribution is 2.33. The van der Waals surface area contributed by atoms with Gasteiger partial charge in [0, 0.05) is 18.7 Å². The fourth-order valence-electron chi connectivity index (χ4n) is 2.16. The Morgan fingerprint density at radius 2 is 2.28 bits per heavy atom. The van der Waals surface area contributed by atoms with E-state index in [1.54, 1.807) is 6.07 Å². The largest absolute Gasteiger partial charge is 0.376 e. The van der Waals surface area contributed by atoms with Gasteiger partial charge in [-0.25, -0.2) is 0 Å². The highest BCUT2D eigenvalue weighted by atomic mass is 35.5. The lowest BCUT2D eigenvalue weighted by Gasteiger charge is -2.34. The second kappa shape index (κ2) is 5.90. The Bertz CT molecular complexity index is 473. The maximum absolute atomic E-state index is 9.40. The fraction of sp³-hybridized carbons (Fsp3) is 0.462. The van der Waals surface area contributed by atoms with Crippen LogP contribution in [0.5, 0.6) is 0 Å². The van der Waals surface area contributed by atoms with Crippen molar-refractivity contribution in [2.75, 3.05) is 19.7 Å². The molecular weight excluding hydrogens is 271 g/mol. The van der Waals surface area contributed by atoms with Gasteiger partial charge in [0.05, 0.1) is 28.8 Å². The minimum atomic E-state index is -0.373. The molecule has 0 unspecified atom stereocenters. The predicted molar refractivity (Wildman–Crippen MR) is 71.8 cm³/mol. The van der Waals surface area contributed by atoms with E-state index in [1.807, 2.05) is 19.1 Å². The summed E-state index contributed by atoms with van der Waals surface area (Å²) in [5.74, 6) is 0. The minimum absolute atomic E-state index is 0.132. The predicted octanol–water partition coefficient (Wildman–Crippen LogP) is 3.28. The molecule has 0 amide bonds. The van der Waals surface area contributed by atoms with Crippen molar-refractivity contribution >= 4 is 23.2 Å². The van der Waals surface area contributed by atoms with Gasteiger partial charge in [-0.1, -0.05) is 35.3 Å². The lowest BCUT2D eigenvalue weighted by Crippen LogP contribution is -2.42. The van der Waals surface area contributed by atoms with Crippen molar-refractivity contribution in [3.8, 4) is 6.07 Å². The molecule has 1 aromatic carbocycles. The number of halogens is 2. The molecule has 1 fully saturated rings. The molecule has 0 aromatic heterocycles. The first kappa shape index (κ1) is 13.6. The first-order valence-electron chi connectivity index (χ1n) is 5.82. The van der Waals surface area contributed by atoms with E-state index in [0.29, 0.717) is 16.7 Å². The van der Waals surface area contributed by atoms with Crippen molar-refractivity contribution in [2.45, 2.75) is 19.1 Å². The van der Waals surface area contributed by atoms with Gasteiger partial charge in [-0.05, 0) is 13.0 Å². The first-order valence-corrected chi connectivity index (χ1v) is 6.58. The second-order valence-electron chi connectivity index (χ2n) is 4.35. The van der Waals surface area contributed by atoms with Crippen LogP contribution in [0.4, 0.5) is 0 Å². The van der Waals surface area contributed by atoms with Crippen LogP contribution < -0.4 is 0 Å². The number of nitrogens with zero attached hydrogens (tertiary/aromatic N) is 2. The smallest absolute Gasteiger partial charge is 0.125 e. The number of hydrogen-bond donors (Lipinski definition) is 0. The van der Waals surface area contributed by atoms with Crippen LogP contribution in [0.15, 0.2) is 18.2 Å². The summed E-state index contributed by atoms with van der Waals surface area (Å²) in [6, 6.07) is 7.32. The molecule has 1 saturated heterocycles. The molecule has 1 heterocycles. The molecule has 0 N–H and O–H groups in total. The van der Waals surface area contributed by atoms with Crippen LogP contribution >= 0.6 is 23.2 Å². The SMILES string of the molecule is C[C@H]1CN([C@H](C#N)c2cccc(Cl)c2Cl)CCO1. The van der Waals surface area contributed by atoms with Crippen molar-refractivity contribution in [3.05, 3.63) is 33.8 Å². The topological polar surface area (TPSA) is 36.3 Å². The van der Waals surface area contributed by atoms with Crippen LogP contribution in [0, 0.1) is 11.3 Å². The van der Waals surface area contributed by atoms with E-state index in [0.717, 1.165) is 18.7 Å². The van der Waals surface area contributed by atoms with Crippen LogP contribution in [0.1, 0.15) is 18.5 Å². The zero-order valence-electron chi connectivity index (χ0n) is 10.1. The normalized spacial score (nSPS) is 22.4. The summed E-state index contributed by atoms with van der Waals surface area (Å²) < 4.78 is 5.48. The molecule has 5 heteroatoms. The summed E-state index contributed by atoms with van der Waals surface area (Å²) in [7, 11) is 0. The average Bonchev–Trinajstić information content (AvgIpc) is 2.35. The van der Waals surface area contributed by atoms with Crippen molar-refractivity contribution in [1.29, 1.82) is 5.26 Å². The van der Waals surface area contributed by atoms with Crippen molar-refractivity contribution in [1.82, 2.24) is 4.90 Å². The van der Waals surface area contributed by atoms with Gasteiger partial charge >= 0.3 is 0 Å². The van der Waals surface area contributed by atoms with Crippen molar-refractivity contribution < 1.29 is 4.74 Å². The number of nitriles is 1. The third-order valence-electron chi connectivity index (χ3n) is 3.04. The summed E-state index contributed by atoms with van der Waals surface area (Å²) >= 11 is 12.2. The maximum Gasteiger partial charge on any atom is 0.125 e. The van der Waals surface area contributed by atoms with Gasteiger partial charge in [0.1, 0.15) is 6.04 Å². The Balaban J connectivity index is 2.28. The molecule has 18 heavy (non-hydrogen) atoms. The van der Waals surface area contributed by atoms with E-state index < -0.39 is 0 Å². The van der Waals surface area contributed by atoms with Gasteiger partial charge in [0.15, 0.2) is 0 Å². The van der Waals surface area contributed by atoms with Crippen LogP contribution in [-0.2, 0) is 4.74 Å². The summed E-state index contributed by atoms with van der Waals surface area (Å²) in [6.45, 7) is 4.09. The van der Waals surface area contributed by atoms with Crippen LogP contribution in [0.3, 0.4) is 0 Å². The van der Waals surface area contributed by atoms with Gasteiger partial charge in [-0.3, -0.25) is 4.90 Å². The fourth-order valence-corrected chi connectivity index (χ4v) is 2.57. The van der Waals surface area contributed by atoms with E-state index in [2.05, 4.69) is 11.0 Å². The zero-order chi connectivity index (χ0) is 13.1. The molecule has 0 saturated carbocycles. The molecule has 96 valence electrons. The Morgan fingerprint density at radius 3 is 2.94 bits per heavy atom. The number of ether oxygens (including phenoxy) is 1. The van der Waals surface area contributed by atoms with E-state index in [-0.39, 0.29) is 12.1 Å². The molecule has 0 aliphatic carbocycles. The lowest BCUT2D eigenvalue weighted by molar-refractivity contribution is -0.0268. The molecular formula is C13H14Cl2N2O. The van der Waals surface area contributed by atoms with Gasteiger partial charge in [-0.15, -0.1) is 0 Å². The Kier molecular flexibility index (Phi) is 4.47. The Hall–Kier alpha value is -0.790. The monoisotopic (exact) mass is 284 g/mol. The first-order chi connectivity index (χ1) is 8.63. The third kappa shape index (κ3) is 2.78. The summed E-state index contributed by atoms with van der Waals surface area (Å²) in [4.78, 5) is 2.08. The molecule has 1 aliphatic rings. The van der Waals surface area contributed by atoms with E-state index in [4.69, 9.17) is 27.9 Å². The number of morpholine rings is 1. The van der Waals surface area contributed by atoms with Gasteiger partial charge < -0.3 is 4.74 Å². The molecule has 1 aliphatic heterocycles. The van der Waals surface area contributed by atoms with Gasteiger partial charge in [0.2, 0.25) is 0 Å². The molecule has 0 radical (unpaired) electrons. The van der Waals surface area contributed by atoms with Crippen molar-refractivity contribution in [3.63, 3.8) is 0 Å².